The second-order valence-electron chi connectivity index (χ2n) is 5.88. The van der Waals surface area contributed by atoms with E-state index in [-0.39, 0.29) is 11.5 Å². The Morgan fingerprint density at radius 3 is 2.62 bits per heavy atom. The van der Waals surface area contributed by atoms with Crippen molar-refractivity contribution in [1.82, 2.24) is 10.2 Å². The van der Waals surface area contributed by atoms with Gasteiger partial charge in [-0.3, -0.25) is 9.59 Å². The molecule has 2 rings (SSSR count). The SMILES string of the molecule is Cc1ccccc1CN/C=C(/C#N)C(=O)N1CCC(C(=O)O)CC1. The first-order valence-electron chi connectivity index (χ1n) is 7.93. The predicted octanol–water partition coefficient (Wildman–Crippen LogP) is 1.82. The summed E-state index contributed by atoms with van der Waals surface area (Å²) in [5.41, 5.74) is 2.28. The summed E-state index contributed by atoms with van der Waals surface area (Å²) in [7, 11) is 0. The zero-order valence-electron chi connectivity index (χ0n) is 13.7. The quantitative estimate of drug-likeness (QED) is 0.635. The highest BCUT2D eigenvalue weighted by atomic mass is 16.4. The molecule has 0 radical (unpaired) electrons. The summed E-state index contributed by atoms with van der Waals surface area (Å²) >= 11 is 0. The second-order valence-corrected chi connectivity index (χ2v) is 5.88. The smallest absolute Gasteiger partial charge is 0.306 e. The Balaban J connectivity index is 1.93. The molecule has 0 atom stereocenters. The molecule has 0 aromatic heterocycles. The van der Waals surface area contributed by atoms with Gasteiger partial charge in [-0.1, -0.05) is 24.3 Å². The van der Waals surface area contributed by atoms with Gasteiger partial charge in [0.2, 0.25) is 0 Å². The highest BCUT2D eigenvalue weighted by Gasteiger charge is 2.28. The van der Waals surface area contributed by atoms with Crippen molar-refractivity contribution in [2.45, 2.75) is 26.3 Å². The fourth-order valence-corrected chi connectivity index (χ4v) is 2.71. The van der Waals surface area contributed by atoms with Gasteiger partial charge in [0.05, 0.1) is 5.92 Å². The van der Waals surface area contributed by atoms with Gasteiger partial charge in [0.25, 0.3) is 5.91 Å². The number of hydrogen-bond donors (Lipinski definition) is 2. The van der Waals surface area contributed by atoms with Crippen LogP contribution in [0.3, 0.4) is 0 Å². The van der Waals surface area contributed by atoms with Crippen LogP contribution in [0, 0.1) is 24.2 Å². The van der Waals surface area contributed by atoms with Gasteiger partial charge in [0, 0.05) is 25.8 Å². The molecule has 0 saturated carbocycles. The van der Waals surface area contributed by atoms with Crippen LogP contribution in [0.1, 0.15) is 24.0 Å². The third kappa shape index (κ3) is 4.35. The Hall–Kier alpha value is -2.81. The molecule has 0 unspecified atom stereocenters. The number of likely N-dealkylation sites (tertiary alicyclic amines) is 1. The van der Waals surface area contributed by atoms with E-state index in [0.29, 0.717) is 32.5 Å². The minimum Gasteiger partial charge on any atom is -0.481 e. The van der Waals surface area contributed by atoms with Crippen LogP contribution in [0.4, 0.5) is 0 Å². The Labute approximate surface area is 141 Å². The topological polar surface area (TPSA) is 93.4 Å². The van der Waals surface area contributed by atoms with E-state index in [1.165, 1.54) is 6.20 Å². The number of piperidine rings is 1. The molecule has 1 heterocycles. The molecule has 126 valence electrons. The van der Waals surface area contributed by atoms with Crippen molar-refractivity contribution in [3.8, 4) is 6.07 Å². The zero-order chi connectivity index (χ0) is 17.5. The minimum absolute atomic E-state index is 0.0392. The standard InChI is InChI=1S/C18H21N3O3/c1-13-4-2-3-5-15(13)11-20-12-16(10-19)17(22)21-8-6-14(7-9-21)18(23)24/h2-5,12,14,20H,6-9,11H2,1H3,(H,23,24)/b16-12-. The molecule has 1 aliphatic heterocycles. The second kappa shape index (κ2) is 8.16. The normalized spacial score (nSPS) is 15.7. The largest absolute Gasteiger partial charge is 0.481 e. The van der Waals surface area contributed by atoms with Crippen molar-refractivity contribution in [2.24, 2.45) is 5.92 Å². The van der Waals surface area contributed by atoms with Crippen LogP contribution >= 0.6 is 0 Å². The molecule has 0 bridgehead atoms. The van der Waals surface area contributed by atoms with Gasteiger partial charge in [0.15, 0.2) is 0 Å². The first kappa shape index (κ1) is 17.5. The van der Waals surface area contributed by atoms with Crippen molar-refractivity contribution in [3.63, 3.8) is 0 Å². The number of rotatable bonds is 5. The highest BCUT2D eigenvalue weighted by molar-refractivity contribution is 5.97. The van der Waals surface area contributed by atoms with Crippen molar-refractivity contribution >= 4 is 11.9 Å². The van der Waals surface area contributed by atoms with Crippen LogP contribution in [0.2, 0.25) is 0 Å². The Bertz CT molecular complexity index is 683. The number of nitrogens with one attached hydrogen (secondary N) is 1. The maximum absolute atomic E-state index is 12.4. The summed E-state index contributed by atoms with van der Waals surface area (Å²) in [6.07, 6.45) is 2.30. The molecule has 1 aliphatic rings. The van der Waals surface area contributed by atoms with E-state index >= 15 is 0 Å². The number of carboxylic acids is 1. The third-order valence-corrected chi connectivity index (χ3v) is 4.28. The van der Waals surface area contributed by atoms with E-state index in [9.17, 15) is 14.9 Å². The molecule has 6 nitrogen and oxygen atoms in total. The van der Waals surface area contributed by atoms with Crippen molar-refractivity contribution in [3.05, 3.63) is 47.2 Å². The summed E-state index contributed by atoms with van der Waals surface area (Å²) in [6.45, 7) is 3.27. The molecule has 1 fully saturated rings. The number of benzene rings is 1. The van der Waals surface area contributed by atoms with E-state index in [4.69, 9.17) is 5.11 Å². The maximum Gasteiger partial charge on any atom is 0.306 e. The number of aliphatic carboxylic acids is 1. The van der Waals surface area contributed by atoms with Crippen LogP contribution in [0.15, 0.2) is 36.0 Å². The van der Waals surface area contributed by atoms with Gasteiger partial charge in [-0.25, -0.2) is 0 Å². The van der Waals surface area contributed by atoms with E-state index in [1.807, 2.05) is 37.3 Å². The Kier molecular flexibility index (Phi) is 5.96. The monoisotopic (exact) mass is 327 g/mol. The van der Waals surface area contributed by atoms with Gasteiger partial charge in [-0.05, 0) is 30.9 Å². The van der Waals surface area contributed by atoms with E-state index in [2.05, 4.69) is 5.32 Å². The number of amides is 1. The lowest BCUT2D eigenvalue weighted by molar-refractivity contribution is -0.145. The first-order valence-corrected chi connectivity index (χ1v) is 7.93. The molecule has 0 aliphatic carbocycles. The molecule has 24 heavy (non-hydrogen) atoms. The number of nitrogens with zero attached hydrogens (tertiary/aromatic N) is 2. The van der Waals surface area contributed by atoms with Gasteiger partial charge < -0.3 is 15.3 Å². The Morgan fingerprint density at radius 1 is 1.38 bits per heavy atom. The van der Waals surface area contributed by atoms with E-state index in [0.717, 1.165) is 11.1 Å². The van der Waals surface area contributed by atoms with Crippen LogP contribution < -0.4 is 5.32 Å². The van der Waals surface area contributed by atoms with Gasteiger partial charge >= 0.3 is 5.97 Å². The lowest BCUT2D eigenvalue weighted by Crippen LogP contribution is -2.41. The molecule has 2 N–H and O–H groups in total. The van der Waals surface area contributed by atoms with Crippen molar-refractivity contribution in [2.75, 3.05) is 13.1 Å². The van der Waals surface area contributed by atoms with Gasteiger partial charge in [-0.15, -0.1) is 0 Å². The van der Waals surface area contributed by atoms with Gasteiger partial charge in [0.1, 0.15) is 11.6 Å². The van der Waals surface area contributed by atoms with Crippen LogP contribution in [-0.2, 0) is 16.1 Å². The lowest BCUT2D eigenvalue weighted by atomic mass is 9.97. The van der Waals surface area contributed by atoms with Crippen molar-refractivity contribution in [1.29, 1.82) is 5.26 Å². The average Bonchev–Trinajstić information content (AvgIpc) is 2.60. The number of aryl methyl sites for hydroxylation is 1. The molecule has 6 heteroatoms. The first-order chi connectivity index (χ1) is 11.5. The predicted molar refractivity (Wildman–Crippen MR) is 88.7 cm³/mol. The Morgan fingerprint density at radius 2 is 2.04 bits per heavy atom. The molecular weight excluding hydrogens is 306 g/mol. The number of nitriles is 1. The summed E-state index contributed by atoms with van der Waals surface area (Å²) in [5, 5.41) is 21.2. The average molecular weight is 327 g/mol. The number of carbonyl (C=O) groups is 2. The van der Waals surface area contributed by atoms with E-state index < -0.39 is 11.9 Å². The molecule has 1 aromatic carbocycles. The summed E-state index contributed by atoms with van der Waals surface area (Å²) < 4.78 is 0. The van der Waals surface area contributed by atoms with E-state index in [1.54, 1.807) is 4.90 Å². The maximum atomic E-state index is 12.4. The van der Waals surface area contributed by atoms with Crippen LogP contribution in [0.5, 0.6) is 0 Å². The molecule has 1 amide bonds. The third-order valence-electron chi connectivity index (χ3n) is 4.28. The molecule has 1 aromatic rings. The number of hydrogen-bond acceptors (Lipinski definition) is 4. The highest BCUT2D eigenvalue weighted by Crippen LogP contribution is 2.18. The summed E-state index contributed by atoms with van der Waals surface area (Å²) in [4.78, 5) is 24.9. The molecule has 0 spiro atoms. The lowest BCUT2D eigenvalue weighted by Gasteiger charge is -2.29. The minimum atomic E-state index is -0.821. The van der Waals surface area contributed by atoms with Crippen molar-refractivity contribution < 1.29 is 14.7 Å². The van der Waals surface area contributed by atoms with Gasteiger partial charge in [-0.2, -0.15) is 5.26 Å². The fraction of sp³-hybridized carbons (Fsp3) is 0.389. The zero-order valence-corrected chi connectivity index (χ0v) is 13.7. The molecule has 1 saturated heterocycles. The number of carbonyl (C=O) groups excluding carboxylic acids is 1. The number of carboxylic acid groups (broad SMARTS) is 1. The molecular formula is C18H21N3O3. The van der Waals surface area contributed by atoms with Crippen LogP contribution in [0.25, 0.3) is 0 Å². The summed E-state index contributed by atoms with van der Waals surface area (Å²) in [6, 6.07) is 9.81. The fourth-order valence-electron chi connectivity index (χ4n) is 2.71. The summed E-state index contributed by atoms with van der Waals surface area (Å²) in [5.74, 6) is -1.57. The van der Waals surface area contributed by atoms with Crippen LogP contribution in [-0.4, -0.2) is 35.0 Å².